The van der Waals surface area contributed by atoms with Gasteiger partial charge in [0.1, 0.15) is 0 Å². The maximum atomic E-state index is 3.07. The van der Waals surface area contributed by atoms with Gasteiger partial charge in [0.15, 0.2) is 0 Å². The van der Waals surface area contributed by atoms with Crippen LogP contribution in [0.15, 0.2) is 12.3 Å². The molecule has 69 valence electrons. The van der Waals surface area contributed by atoms with Gasteiger partial charge < -0.3 is 4.98 Å². The second-order valence-corrected chi connectivity index (χ2v) is 1.86. The summed E-state index contributed by atoms with van der Waals surface area (Å²) in [4.78, 5) is 3.07. The van der Waals surface area contributed by atoms with Gasteiger partial charge in [-0.15, -0.1) is 0 Å². The molecule has 1 aromatic rings. The number of H-pyrrole nitrogens is 1. The highest BCUT2D eigenvalue weighted by Crippen LogP contribution is 1.97. The zero-order valence-electron chi connectivity index (χ0n) is 9.23. The van der Waals surface area contributed by atoms with Crippen LogP contribution in [0.4, 0.5) is 0 Å². The van der Waals surface area contributed by atoms with Crippen molar-refractivity contribution in [3.8, 4) is 0 Å². The van der Waals surface area contributed by atoms with Crippen molar-refractivity contribution in [1.82, 2.24) is 4.98 Å². The average Bonchev–Trinajstić information content (AvgIpc) is 2.43. The van der Waals surface area contributed by atoms with Gasteiger partial charge in [-0.1, -0.05) is 27.7 Å². The van der Waals surface area contributed by atoms with E-state index in [1.54, 1.807) is 0 Å². The molecule has 0 saturated carbocycles. The van der Waals surface area contributed by atoms with E-state index in [0.717, 1.165) is 0 Å². The molecule has 0 aromatic carbocycles. The summed E-state index contributed by atoms with van der Waals surface area (Å²) in [5.74, 6) is 0. The minimum atomic E-state index is 0. The lowest BCUT2D eigenvalue weighted by Gasteiger charge is -1.71. The van der Waals surface area contributed by atoms with E-state index in [2.05, 4.69) is 18.0 Å². The van der Waals surface area contributed by atoms with E-state index >= 15 is 0 Å². The van der Waals surface area contributed by atoms with Crippen LogP contribution in [-0.4, -0.2) is 13.4 Å². The Morgan fingerprint density at radius 3 is 1.50 bits per heavy atom. The van der Waals surface area contributed by atoms with Crippen LogP contribution in [0.3, 0.4) is 0 Å². The van der Waals surface area contributed by atoms with Gasteiger partial charge in [-0.25, -0.2) is 0 Å². The number of nitrogens with one attached hydrogen (secondary N) is 1. The Labute approximate surface area is 79.2 Å². The predicted octanol–water partition coefficient (Wildman–Crippen LogP) is 3.30. The normalized spacial score (nSPS) is 6.50. The molecule has 0 aliphatic rings. The minimum absolute atomic E-state index is 0. The van der Waals surface area contributed by atoms with Crippen molar-refractivity contribution in [2.24, 2.45) is 0 Å². The van der Waals surface area contributed by atoms with E-state index in [0.29, 0.717) is 0 Å². The van der Waals surface area contributed by atoms with Crippen molar-refractivity contribution in [2.45, 2.75) is 41.5 Å². The van der Waals surface area contributed by atoms with Crippen LogP contribution in [-0.2, 0) is 0 Å². The first-order valence-corrected chi connectivity index (χ1v) is 4.40. The minimum Gasteiger partial charge on any atom is -0.365 e. The average molecular weight is 166 g/mol. The van der Waals surface area contributed by atoms with E-state index in [1.165, 1.54) is 11.3 Å². The molecule has 3 radical (unpaired) electrons. The summed E-state index contributed by atoms with van der Waals surface area (Å²) in [5.41, 5.74) is 2.54. The van der Waals surface area contributed by atoms with Crippen LogP contribution in [0.2, 0.25) is 0 Å². The number of aryl methyl sites for hydroxylation is 2. The van der Waals surface area contributed by atoms with E-state index in [1.807, 2.05) is 40.8 Å². The van der Waals surface area contributed by atoms with Crippen molar-refractivity contribution < 1.29 is 0 Å². The van der Waals surface area contributed by atoms with Gasteiger partial charge in [0.2, 0.25) is 0 Å². The molecular weight excluding hydrogens is 145 g/mol. The van der Waals surface area contributed by atoms with E-state index < -0.39 is 0 Å². The molecule has 0 fully saturated rings. The summed E-state index contributed by atoms with van der Waals surface area (Å²) in [6.45, 7) is 12.1. The highest BCUT2D eigenvalue weighted by Gasteiger charge is 1.82. The first kappa shape index (κ1) is 17.4. The first-order valence-electron chi connectivity index (χ1n) is 4.40. The molecular formula is C10H21BN. The monoisotopic (exact) mass is 166 g/mol. The number of aromatic amines is 1. The Bertz CT molecular complexity index is 142. The zero-order valence-corrected chi connectivity index (χ0v) is 9.23. The quantitative estimate of drug-likeness (QED) is 0.569. The first-order chi connectivity index (χ1) is 5.29. The Morgan fingerprint density at radius 1 is 1.00 bits per heavy atom. The van der Waals surface area contributed by atoms with E-state index in [9.17, 15) is 0 Å². The van der Waals surface area contributed by atoms with Gasteiger partial charge >= 0.3 is 0 Å². The van der Waals surface area contributed by atoms with Crippen molar-refractivity contribution in [2.75, 3.05) is 0 Å². The van der Waals surface area contributed by atoms with Crippen LogP contribution in [0.1, 0.15) is 39.0 Å². The highest BCUT2D eigenvalue weighted by atomic mass is 14.7. The molecule has 1 nitrogen and oxygen atoms in total. The maximum absolute atomic E-state index is 3.07. The van der Waals surface area contributed by atoms with Crippen LogP contribution < -0.4 is 0 Å². The lowest BCUT2D eigenvalue weighted by molar-refractivity contribution is 1.26. The summed E-state index contributed by atoms with van der Waals surface area (Å²) in [6, 6.07) is 2.11. The predicted molar refractivity (Wildman–Crippen MR) is 58.7 cm³/mol. The topological polar surface area (TPSA) is 15.8 Å². The van der Waals surface area contributed by atoms with Crippen molar-refractivity contribution >= 4 is 8.41 Å². The second-order valence-electron chi connectivity index (χ2n) is 1.86. The highest BCUT2D eigenvalue weighted by molar-refractivity contribution is 5.75. The zero-order chi connectivity index (χ0) is 9.28. The molecule has 0 bridgehead atoms. The summed E-state index contributed by atoms with van der Waals surface area (Å²) < 4.78 is 0. The van der Waals surface area contributed by atoms with Crippen LogP contribution in [0.25, 0.3) is 0 Å². The van der Waals surface area contributed by atoms with Gasteiger partial charge in [-0.3, -0.25) is 0 Å². The van der Waals surface area contributed by atoms with E-state index in [4.69, 9.17) is 0 Å². The van der Waals surface area contributed by atoms with Gasteiger partial charge in [-0.05, 0) is 25.5 Å². The Kier molecular flexibility index (Phi) is 18.8. The van der Waals surface area contributed by atoms with Gasteiger partial charge in [0.05, 0.1) is 0 Å². The molecule has 0 unspecified atom stereocenters. The summed E-state index contributed by atoms with van der Waals surface area (Å²) in [6.07, 6.45) is 2.00. The third kappa shape index (κ3) is 9.34. The fourth-order valence-corrected chi connectivity index (χ4v) is 0.653. The standard InChI is InChI=1S/C6H9N.2C2H6.B/c1-5-3-6(2)7-4-5;2*1-2;/h3-4,7H,1-2H3;2*1-2H3;. The lowest BCUT2D eigenvalue weighted by Crippen LogP contribution is -1.59. The summed E-state index contributed by atoms with van der Waals surface area (Å²) in [7, 11) is 0. The number of rotatable bonds is 0. The molecule has 1 aromatic heterocycles. The molecule has 0 saturated heterocycles. The molecule has 12 heavy (non-hydrogen) atoms. The van der Waals surface area contributed by atoms with Gasteiger partial charge in [-0.2, -0.15) is 0 Å². The number of aromatic nitrogens is 1. The third-order valence-corrected chi connectivity index (χ3v) is 0.972. The summed E-state index contributed by atoms with van der Waals surface area (Å²) in [5, 5.41) is 0. The van der Waals surface area contributed by atoms with Crippen LogP contribution >= 0.6 is 0 Å². The maximum Gasteiger partial charge on any atom is 0.0118 e. The molecule has 0 atom stereocenters. The molecule has 1 heterocycles. The molecule has 1 rings (SSSR count). The molecule has 0 aliphatic heterocycles. The fraction of sp³-hybridized carbons (Fsp3) is 0.600. The largest absolute Gasteiger partial charge is 0.365 e. The van der Waals surface area contributed by atoms with Crippen molar-refractivity contribution in [3.05, 3.63) is 23.5 Å². The molecule has 0 spiro atoms. The summed E-state index contributed by atoms with van der Waals surface area (Å²) >= 11 is 0. The number of hydrogen-bond donors (Lipinski definition) is 1. The molecule has 0 amide bonds. The molecule has 1 N–H and O–H groups in total. The molecule has 2 heteroatoms. The fourth-order valence-electron chi connectivity index (χ4n) is 0.653. The Balaban J connectivity index is -0.000000144. The van der Waals surface area contributed by atoms with E-state index in [-0.39, 0.29) is 8.41 Å². The second kappa shape index (κ2) is 13.0. The van der Waals surface area contributed by atoms with Crippen LogP contribution in [0.5, 0.6) is 0 Å². The third-order valence-electron chi connectivity index (χ3n) is 0.972. The van der Waals surface area contributed by atoms with Gasteiger partial charge in [0.25, 0.3) is 0 Å². The molecule has 0 aliphatic carbocycles. The van der Waals surface area contributed by atoms with Crippen molar-refractivity contribution in [3.63, 3.8) is 0 Å². The lowest BCUT2D eigenvalue weighted by atomic mass is 10.4. The SMILES string of the molecule is CC.CC.Cc1c[nH]c(C)c1.[B]. The van der Waals surface area contributed by atoms with Gasteiger partial charge in [0, 0.05) is 20.3 Å². The Hall–Kier alpha value is -0.655. The van der Waals surface area contributed by atoms with Crippen LogP contribution in [0, 0.1) is 13.8 Å². The Morgan fingerprint density at radius 2 is 1.42 bits per heavy atom. The van der Waals surface area contributed by atoms with Crippen molar-refractivity contribution in [1.29, 1.82) is 0 Å². The number of hydrogen-bond acceptors (Lipinski definition) is 0. The smallest absolute Gasteiger partial charge is 0.0118 e.